The number of benzene rings is 1. The number of fused-ring (bicyclic) bond motifs is 1. The lowest BCUT2D eigenvalue weighted by molar-refractivity contribution is 0.0790. The summed E-state index contributed by atoms with van der Waals surface area (Å²) in [6, 6.07) is 12.2. The van der Waals surface area contributed by atoms with Gasteiger partial charge in [-0.3, -0.25) is 9.67 Å². The fourth-order valence-corrected chi connectivity index (χ4v) is 3.76. The van der Waals surface area contributed by atoms with Crippen LogP contribution in [0.1, 0.15) is 36.0 Å². The standard InChI is InChI=1S/C24H21N5O3/c1-29-13-18(11-27-29)20-10-19(8-9-25-20)31-22-12-26-23-24(28-22)32-21(14-30-23)17-6-4-16(5-7-17)15-2-3-15/h4-13,15,21H,2-3,14H2,1H3. The first-order chi connectivity index (χ1) is 15.7. The van der Waals surface area contributed by atoms with Crippen LogP contribution in [0.2, 0.25) is 0 Å². The highest BCUT2D eigenvalue weighted by molar-refractivity contribution is 5.58. The first-order valence-electron chi connectivity index (χ1n) is 10.6. The summed E-state index contributed by atoms with van der Waals surface area (Å²) in [5, 5.41) is 4.19. The Bertz CT molecular complexity index is 1270. The summed E-state index contributed by atoms with van der Waals surface area (Å²) in [4.78, 5) is 13.2. The topological polar surface area (TPSA) is 84.2 Å². The second kappa shape index (κ2) is 7.64. The number of hydrogen-bond donors (Lipinski definition) is 0. The average molecular weight is 427 g/mol. The van der Waals surface area contributed by atoms with Crippen LogP contribution in [0.5, 0.6) is 23.4 Å². The van der Waals surface area contributed by atoms with E-state index in [0.717, 1.165) is 22.7 Å². The SMILES string of the molecule is Cn1cc(-c2cc(Oc3cnc4c(n3)OC(c3ccc(C5CC5)cc3)CO4)ccn2)cn1. The zero-order valence-electron chi connectivity index (χ0n) is 17.5. The Morgan fingerprint density at radius 1 is 1.00 bits per heavy atom. The molecule has 32 heavy (non-hydrogen) atoms. The summed E-state index contributed by atoms with van der Waals surface area (Å²) in [6.45, 7) is 0.392. The van der Waals surface area contributed by atoms with Crippen LogP contribution in [-0.2, 0) is 7.05 Å². The largest absolute Gasteiger partial charge is 0.470 e. The fraction of sp³-hybridized carbons (Fsp3) is 0.250. The highest BCUT2D eigenvalue weighted by atomic mass is 16.6. The predicted octanol–water partition coefficient (Wildman–Crippen LogP) is 4.45. The van der Waals surface area contributed by atoms with Crippen molar-refractivity contribution in [2.45, 2.75) is 24.9 Å². The van der Waals surface area contributed by atoms with Crippen molar-refractivity contribution in [1.82, 2.24) is 24.7 Å². The average Bonchev–Trinajstić information content (AvgIpc) is 3.59. The van der Waals surface area contributed by atoms with E-state index in [-0.39, 0.29) is 6.10 Å². The smallest absolute Gasteiger partial charge is 0.282 e. The summed E-state index contributed by atoms with van der Waals surface area (Å²) in [7, 11) is 1.86. The summed E-state index contributed by atoms with van der Waals surface area (Å²) >= 11 is 0. The number of aryl methyl sites for hydroxylation is 1. The fourth-order valence-electron chi connectivity index (χ4n) is 3.76. The monoisotopic (exact) mass is 427 g/mol. The Morgan fingerprint density at radius 3 is 2.62 bits per heavy atom. The summed E-state index contributed by atoms with van der Waals surface area (Å²) in [6.07, 6.45) is 9.20. The van der Waals surface area contributed by atoms with Crippen LogP contribution in [0.25, 0.3) is 11.3 Å². The molecule has 1 aromatic carbocycles. The van der Waals surface area contributed by atoms with Gasteiger partial charge in [0.25, 0.3) is 11.8 Å². The van der Waals surface area contributed by atoms with Crippen molar-refractivity contribution >= 4 is 0 Å². The predicted molar refractivity (Wildman–Crippen MR) is 116 cm³/mol. The van der Waals surface area contributed by atoms with Crippen molar-refractivity contribution in [3.05, 3.63) is 72.3 Å². The van der Waals surface area contributed by atoms with Gasteiger partial charge in [-0.25, -0.2) is 4.98 Å². The van der Waals surface area contributed by atoms with Gasteiger partial charge in [0.15, 0.2) is 6.10 Å². The highest BCUT2D eigenvalue weighted by Gasteiger charge is 2.27. The minimum atomic E-state index is -0.238. The number of nitrogens with zero attached hydrogens (tertiary/aromatic N) is 5. The minimum absolute atomic E-state index is 0.238. The van der Waals surface area contributed by atoms with Gasteiger partial charge < -0.3 is 14.2 Å². The van der Waals surface area contributed by atoms with E-state index in [1.807, 2.05) is 19.3 Å². The molecular formula is C24H21N5O3. The molecule has 1 fully saturated rings. The molecule has 0 saturated heterocycles. The van der Waals surface area contributed by atoms with Gasteiger partial charge in [0, 0.05) is 31.1 Å². The Balaban J connectivity index is 1.20. The van der Waals surface area contributed by atoms with Gasteiger partial charge in [-0.1, -0.05) is 24.3 Å². The molecule has 8 nitrogen and oxygen atoms in total. The molecule has 0 N–H and O–H groups in total. The van der Waals surface area contributed by atoms with Crippen LogP contribution < -0.4 is 14.2 Å². The maximum absolute atomic E-state index is 6.11. The maximum Gasteiger partial charge on any atom is 0.282 e. The molecule has 1 aliphatic heterocycles. The molecule has 0 spiro atoms. The number of pyridine rings is 1. The second-order valence-electron chi connectivity index (χ2n) is 8.06. The van der Waals surface area contributed by atoms with Crippen molar-refractivity contribution < 1.29 is 14.2 Å². The zero-order chi connectivity index (χ0) is 21.5. The zero-order valence-corrected chi connectivity index (χ0v) is 17.5. The quantitative estimate of drug-likeness (QED) is 0.465. The molecule has 0 radical (unpaired) electrons. The molecule has 160 valence electrons. The van der Waals surface area contributed by atoms with Crippen LogP contribution >= 0.6 is 0 Å². The van der Waals surface area contributed by atoms with E-state index in [2.05, 4.69) is 44.3 Å². The van der Waals surface area contributed by atoms with Crippen LogP contribution in [-0.4, -0.2) is 31.3 Å². The van der Waals surface area contributed by atoms with E-state index in [9.17, 15) is 0 Å². The second-order valence-corrected chi connectivity index (χ2v) is 8.06. The number of rotatable bonds is 5. The third-order valence-electron chi connectivity index (χ3n) is 5.62. The Labute approximate surface area is 184 Å². The van der Waals surface area contributed by atoms with Crippen LogP contribution in [0, 0.1) is 0 Å². The van der Waals surface area contributed by atoms with E-state index in [0.29, 0.717) is 30.0 Å². The van der Waals surface area contributed by atoms with E-state index >= 15 is 0 Å². The van der Waals surface area contributed by atoms with Gasteiger partial charge in [-0.2, -0.15) is 10.1 Å². The van der Waals surface area contributed by atoms with Crippen LogP contribution in [0.4, 0.5) is 0 Å². The Kier molecular flexibility index (Phi) is 4.49. The number of hydrogen-bond acceptors (Lipinski definition) is 7. The first-order valence-corrected chi connectivity index (χ1v) is 10.6. The lowest BCUT2D eigenvalue weighted by atomic mass is 10.0. The van der Waals surface area contributed by atoms with Crippen molar-refractivity contribution in [2.75, 3.05) is 6.61 Å². The van der Waals surface area contributed by atoms with Crippen LogP contribution in [0.3, 0.4) is 0 Å². The summed E-state index contributed by atoms with van der Waals surface area (Å²) in [5.74, 6) is 2.34. The summed E-state index contributed by atoms with van der Waals surface area (Å²) in [5.41, 5.74) is 4.12. The van der Waals surface area contributed by atoms with E-state index in [1.165, 1.54) is 24.6 Å². The molecule has 1 unspecified atom stereocenters. The Hall–Kier alpha value is -3.94. The van der Waals surface area contributed by atoms with Crippen molar-refractivity contribution in [1.29, 1.82) is 0 Å². The van der Waals surface area contributed by atoms with Gasteiger partial charge in [-0.05, 0) is 36.0 Å². The van der Waals surface area contributed by atoms with E-state index in [4.69, 9.17) is 14.2 Å². The molecular weight excluding hydrogens is 406 g/mol. The molecule has 4 heterocycles. The van der Waals surface area contributed by atoms with Gasteiger partial charge in [0.1, 0.15) is 12.4 Å². The molecule has 1 aliphatic carbocycles. The maximum atomic E-state index is 6.11. The van der Waals surface area contributed by atoms with Crippen molar-refractivity contribution in [3.8, 4) is 34.6 Å². The normalized spacial score (nSPS) is 17.2. The molecule has 4 aromatic rings. The van der Waals surface area contributed by atoms with Gasteiger partial charge >= 0.3 is 0 Å². The van der Waals surface area contributed by atoms with Crippen molar-refractivity contribution in [2.24, 2.45) is 7.05 Å². The summed E-state index contributed by atoms with van der Waals surface area (Å²) < 4.78 is 19.6. The number of aromatic nitrogens is 5. The molecule has 0 bridgehead atoms. The van der Waals surface area contributed by atoms with E-state index < -0.39 is 0 Å². The molecule has 8 heteroatoms. The van der Waals surface area contributed by atoms with Crippen LogP contribution in [0.15, 0.2) is 61.2 Å². The van der Waals surface area contributed by atoms with E-state index in [1.54, 1.807) is 23.1 Å². The molecule has 3 aromatic heterocycles. The van der Waals surface area contributed by atoms with Gasteiger partial charge in [0.2, 0.25) is 5.88 Å². The molecule has 1 atom stereocenters. The third-order valence-corrected chi connectivity index (χ3v) is 5.62. The minimum Gasteiger partial charge on any atom is -0.470 e. The highest BCUT2D eigenvalue weighted by Crippen LogP contribution is 2.41. The lowest BCUT2D eigenvalue weighted by Crippen LogP contribution is -2.23. The lowest BCUT2D eigenvalue weighted by Gasteiger charge is -2.25. The Morgan fingerprint density at radius 2 is 1.84 bits per heavy atom. The molecule has 1 saturated carbocycles. The molecule has 2 aliphatic rings. The van der Waals surface area contributed by atoms with Gasteiger partial charge in [0.05, 0.1) is 18.1 Å². The number of ether oxygens (including phenoxy) is 3. The third kappa shape index (κ3) is 3.75. The molecule has 6 rings (SSSR count). The first kappa shape index (κ1) is 18.8. The van der Waals surface area contributed by atoms with Crippen molar-refractivity contribution in [3.63, 3.8) is 0 Å². The molecule has 0 amide bonds. The van der Waals surface area contributed by atoms with Gasteiger partial charge in [-0.15, -0.1) is 0 Å².